The quantitative estimate of drug-likeness (QED) is 0.410. The minimum atomic E-state index is -4.84. The molecule has 0 bridgehead atoms. The Morgan fingerprint density at radius 2 is 0.938 bits per heavy atom. The Morgan fingerprint density at radius 3 is 0.938 bits per heavy atom. The van der Waals surface area contributed by atoms with Gasteiger partial charge in [-0.2, -0.15) is 5.26 Å². The molecule has 0 rings (SSSR count). The van der Waals surface area contributed by atoms with E-state index < -0.39 is 7.60 Å². The normalized spacial score (nSPS) is 11.3. The lowest BCUT2D eigenvalue weighted by Gasteiger charge is -2.17. The molecule has 0 heterocycles. The Kier molecular flexibility index (Phi) is 10.2. The highest BCUT2D eigenvalue weighted by molar-refractivity contribution is 7.54. The molecule has 0 radical (unpaired) electrons. The summed E-state index contributed by atoms with van der Waals surface area (Å²) < 4.78 is 11.1. The lowest BCUT2D eigenvalue weighted by atomic mass is 10.8. The number of nitriles is 1. The van der Waals surface area contributed by atoms with Gasteiger partial charge >= 0.3 is 0 Å². The van der Waals surface area contributed by atoms with Crippen LogP contribution in [0, 0.1) is 11.1 Å². The third kappa shape index (κ3) is 326. The molecular formula is C9H24N3O3P. The van der Waals surface area contributed by atoms with Gasteiger partial charge in [0.05, 0.1) is 62.2 Å². The van der Waals surface area contributed by atoms with Crippen LogP contribution in [0.1, 0.15) is 0 Å². The fourth-order valence-corrected chi connectivity index (χ4v) is 0. The Labute approximate surface area is 99.1 Å². The van der Waals surface area contributed by atoms with Crippen molar-refractivity contribution < 1.29 is 23.3 Å². The fraction of sp³-hybridized carbons (Fsp3) is 0.889. The van der Waals surface area contributed by atoms with Gasteiger partial charge in [0.1, 0.15) is 0 Å². The third-order valence-corrected chi connectivity index (χ3v) is 0.367. The summed E-state index contributed by atoms with van der Waals surface area (Å²) in [6.45, 7) is 0. The first-order valence-corrected chi connectivity index (χ1v) is 6.12. The van der Waals surface area contributed by atoms with Crippen molar-refractivity contribution in [2.75, 3.05) is 56.4 Å². The van der Waals surface area contributed by atoms with Crippen molar-refractivity contribution in [1.82, 2.24) is 0 Å². The van der Waals surface area contributed by atoms with Crippen LogP contribution in [-0.4, -0.2) is 65.3 Å². The van der Waals surface area contributed by atoms with Gasteiger partial charge < -0.3 is 23.3 Å². The highest BCUT2D eigenvalue weighted by Gasteiger charge is 1.88. The minimum absolute atomic E-state index is 0.549. The van der Waals surface area contributed by atoms with Gasteiger partial charge in [-0.1, -0.05) is 0 Å². The van der Waals surface area contributed by atoms with Gasteiger partial charge in [0, 0.05) is 7.60 Å². The summed E-state index contributed by atoms with van der Waals surface area (Å²) in [5.41, 5.74) is 0. The summed E-state index contributed by atoms with van der Waals surface area (Å²) in [6, 6.07) is 0. The second kappa shape index (κ2) is 7.77. The first-order valence-electron chi connectivity index (χ1n) is 4.57. The third-order valence-electron chi connectivity index (χ3n) is 0.122. The van der Waals surface area contributed by atoms with Gasteiger partial charge in [0.15, 0.2) is 0 Å². The maximum atomic E-state index is 9.11. The van der Waals surface area contributed by atoms with Gasteiger partial charge in [0.2, 0.25) is 0 Å². The van der Waals surface area contributed by atoms with Gasteiger partial charge in [-0.15, -0.1) is 0 Å². The van der Waals surface area contributed by atoms with Gasteiger partial charge in [-0.25, -0.2) is 0 Å². The van der Waals surface area contributed by atoms with Crippen molar-refractivity contribution in [2.24, 2.45) is 0 Å². The predicted octanol–water partition coefficient (Wildman–Crippen LogP) is -0.974. The second-order valence-electron chi connectivity index (χ2n) is 5.96. The van der Waals surface area contributed by atoms with Crippen molar-refractivity contribution in [2.45, 2.75) is 0 Å². The number of quaternary nitrogens is 2. The molecule has 98 valence electrons. The summed E-state index contributed by atoms with van der Waals surface area (Å²) in [5.74, 6) is 0.549. The number of nitrogens with zero attached hydrogens (tertiary/aromatic N) is 3. The minimum Gasteiger partial charge on any atom is -0.800 e. The molecule has 0 aromatic carbocycles. The zero-order valence-electron chi connectivity index (χ0n) is 11.5. The molecule has 0 aliphatic rings. The topological polar surface area (TPSA) is 87.0 Å². The Bertz CT molecular complexity index is 231. The Hall–Kier alpha value is -0.440. The van der Waals surface area contributed by atoms with Crippen LogP contribution < -0.4 is 9.79 Å². The molecule has 0 saturated heterocycles. The second-order valence-corrected chi connectivity index (χ2v) is 7.16. The Balaban J connectivity index is -0.000000160. The summed E-state index contributed by atoms with van der Waals surface area (Å²) >= 11 is 0. The summed E-state index contributed by atoms with van der Waals surface area (Å²) in [5, 5.41) is 7.26. The summed E-state index contributed by atoms with van der Waals surface area (Å²) in [6.07, 6.45) is 0. The van der Waals surface area contributed by atoms with Gasteiger partial charge in [0.25, 0.3) is 0 Å². The van der Waals surface area contributed by atoms with Crippen LogP contribution in [0.5, 0.6) is 0 Å². The molecule has 0 aliphatic heterocycles. The SMILES string of the molecule is C[N+](C)(C)C.C[N+](C)(C)C.N#CP(=O)([O-])[O-]. The zero-order chi connectivity index (χ0) is 14.2. The van der Waals surface area contributed by atoms with Crippen molar-refractivity contribution in [3.63, 3.8) is 0 Å². The Morgan fingerprint density at radius 1 is 0.875 bits per heavy atom. The van der Waals surface area contributed by atoms with Crippen LogP contribution in [0.25, 0.3) is 0 Å². The molecular weight excluding hydrogens is 229 g/mol. The predicted molar refractivity (Wildman–Crippen MR) is 61.1 cm³/mol. The van der Waals surface area contributed by atoms with Crippen LogP contribution >= 0.6 is 7.60 Å². The fourth-order valence-electron chi connectivity index (χ4n) is 0. The maximum absolute atomic E-state index is 9.11. The summed E-state index contributed by atoms with van der Waals surface area (Å²) in [4.78, 5) is 18.2. The van der Waals surface area contributed by atoms with E-state index in [0.717, 1.165) is 8.97 Å². The van der Waals surface area contributed by atoms with Crippen LogP contribution in [0.2, 0.25) is 0 Å². The molecule has 0 N–H and O–H groups in total. The van der Waals surface area contributed by atoms with E-state index in [4.69, 9.17) is 19.6 Å². The van der Waals surface area contributed by atoms with E-state index in [-0.39, 0.29) is 0 Å². The van der Waals surface area contributed by atoms with Crippen molar-refractivity contribution in [3.05, 3.63) is 0 Å². The molecule has 0 atom stereocenters. The first-order chi connectivity index (χ1) is 6.56. The average Bonchev–Trinajstić information content (AvgIpc) is 1.77. The van der Waals surface area contributed by atoms with Crippen LogP contribution in [0.3, 0.4) is 0 Å². The molecule has 16 heavy (non-hydrogen) atoms. The number of hydrogen-bond acceptors (Lipinski definition) is 4. The van der Waals surface area contributed by atoms with Crippen molar-refractivity contribution >= 4 is 7.60 Å². The van der Waals surface area contributed by atoms with Gasteiger partial charge in [-0.05, 0) is 0 Å². The van der Waals surface area contributed by atoms with Gasteiger partial charge in [-0.3, -0.25) is 0 Å². The highest BCUT2D eigenvalue weighted by atomic mass is 31.2. The smallest absolute Gasteiger partial charge is 0.0962 e. The summed E-state index contributed by atoms with van der Waals surface area (Å²) in [7, 11) is 12.2. The number of hydrogen-bond donors (Lipinski definition) is 0. The van der Waals surface area contributed by atoms with E-state index in [0.29, 0.717) is 5.81 Å². The van der Waals surface area contributed by atoms with E-state index >= 15 is 0 Å². The average molecular weight is 253 g/mol. The molecule has 6 nitrogen and oxygen atoms in total. The molecule has 0 saturated carbocycles. The molecule has 0 spiro atoms. The van der Waals surface area contributed by atoms with E-state index in [1.54, 1.807) is 0 Å². The molecule has 0 unspecified atom stereocenters. The molecule has 0 aliphatic carbocycles. The standard InChI is InChI=1S/2C4H12N.CH2NO3P/c2*1-5(2,3)4;2-1-6(3,4)5/h2*1-4H3;(H2,3,4,5)/q2*+1;/p-2. The number of rotatable bonds is 0. The highest BCUT2D eigenvalue weighted by Crippen LogP contribution is 2.17. The lowest BCUT2D eigenvalue weighted by molar-refractivity contribution is -0.849. The monoisotopic (exact) mass is 253 g/mol. The van der Waals surface area contributed by atoms with E-state index in [1.165, 1.54) is 0 Å². The lowest BCUT2D eigenvalue weighted by Crippen LogP contribution is -2.27. The van der Waals surface area contributed by atoms with Crippen LogP contribution in [-0.2, 0) is 4.57 Å². The van der Waals surface area contributed by atoms with Crippen LogP contribution in [0.4, 0.5) is 0 Å². The molecule has 0 amide bonds. The maximum Gasteiger partial charge on any atom is 0.0962 e. The van der Waals surface area contributed by atoms with Crippen LogP contribution in [0.15, 0.2) is 0 Å². The molecule has 0 fully saturated rings. The zero-order valence-corrected chi connectivity index (χ0v) is 12.4. The largest absolute Gasteiger partial charge is 0.800 e. The van der Waals surface area contributed by atoms with E-state index in [1.807, 2.05) is 0 Å². The molecule has 7 heteroatoms. The van der Waals surface area contributed by atoms with Crippen molar-refractivity contribution in [1.29, 1.82) is 5.26 Å². The van der Waals surface area contributed by atoms with E-state index in [2.05, 4.69) is 56.4 Å². The molecule has 0 aromatic heterocycles. The van der Waals surface area contributed by atoms with E-state index in [9.17, 15) is 0 Å². The van der Waals surface area contributed by atoms with Crippen molar-refractivity contribution in [3.8, 4) is 5.81 Å². The first kappa shape index (κ1) is 20.9. The molecule has 0 aromatic rings.